The van der Waals surface area contributed by atoms with E-state index in [1.54, 1.807) is 18.2 Å². The number of nitrogens with one attached hydrogen (secondary N) is 2. The molecule has 138 valence electrons. The highest BCUT2D eigenvalue weighted by molar-refractivity contribution is 6.31. The van der Waals surface area contributed by atoms with E-state index in [1.165, 1.54) is 12.7 Å². The average molecular weight is 375 g/mol. The van der Waals surface area contributed by atoms with Gasteiger partial charge in [-0.3, -0.25) is 4.79 Å². The summed E-state index contributed by atoms with van der Waals surface area (Å²) in [6, 6.07) is 14.3. The number of halogens is 1. The Bertz CT molecular complexity index is 764. The van der Waals surface area contributed by atoms with E-state index in [4.69, 9.17) is 16.3 Å². The number of hydrogen-bond donors (Lipinski definition) is 2. The van der Waals surface area contributed by atoms with Crippen LogP contribution >= 0.6 is 11.6 Å². The number of methoxy groups -OCH3 is 1. The first-order chi connectivity index (χ1) is 12.5. The first-order valence-electron chi connectivity index (χ1n) is 8.40. The monoisotopic (exact) mass is 374 g/mol. The number of benzene rings is 2. The van der Waals surface area contributed by atoms with Gasteiger partial charge < -0.3 is 15.4 Å². The fraction of sp³-hybridized carbons (Fsp3) is 0.300. The molecule has 2 rings (SSSR count). The van der Waals surface area contributed by atoms with E-state index in [0.29, 0.717) is 17.1 Å². The van der Waals surface area contributed by atoms with Crippen LogP contribution in [0, 0.1) is 6.92 Å². The Balaban J connectivity index is 1.95. The molecule has 2 aromatic rings. The van der Waals surface area contributed by atoms with Gasteiger partial charge in [0.2, 0.25) is 0 Å². The Kier molecular flexibility index (Phi) is 7.48. The van der Waals surface area contributed by atoms with Crippen LogP contribution in [0.5, 0.6) is 0 Å². The van der Waals surface area contributed by atoms with Crippen molar-refractivity contribution < 1.29 is 14.3 Å². The Hall–Kier alpha value is -2.53. The number of carbonyl (C=O) groups excluding carboxylic acids is 2. The lowest BCUT2D eigenvalue weighted by Crippen LogP contribution is -2.39. The maximum absolute atomic E-state index is 12.2. The van der Waals surface area contributed by atoms with Crippen molar-refractivity contribution in [2.75, 3.05) is 13.7 Å². The summed E-state index contributed by atoms with van der Waals surface area (Å²) in [5.41, 5.74) is 3.01. The van der Waals surface area contributed by atoms with Gasteiger partial charge in [-0.25, -0.2) is 4.79 Å². The smallest absolute Gasteiger partial charge is 0.315 e. The van der Waals surface area contributed by atoms with E-state index >= 15 is 0 Å². The minimum absolute atomic E-state index is 0.00549. The van der Waals surface area contributed by atoms with Gasteiger partial charge in [0.05, 0.1) is 19.6 Å². The fourth-order valence-electron chi connectivity index (χ4n) is 2.64. The van der Waals surface area contributed by atoms with Crippen molar-refractivity contribution in [1.82, 2.24) is 10.6 Å². The predicted molar refractivity (Wildman–Crippen MR) is 102 cm³/mol. The first-order valence-corrected chi connectivity index (χ1v) is 8.78. The van der Waals surface area contributed by atoms with Crippen molar-refractivity contribution in [2.45, 2.75) is 25.8 Å². The molecule has 2 N–H and O–H groups in total. The van der Waals surface area contributed by atoms with Gasteiger partial charge in [0, 0.05) is 11.6 Å². The minimum atomic E-state index is -0.560. The van der Waals surface area contributed by atoms with Crippen LogP contribution in [-0.4, -0.2) is 25.7 Å². The zero-order valence-corrected chi connectivity index (χ0v) is 15.7. The van der Waals surface area contributed by atoms with Crippen molar-refractivity contribution in [3.8, 4) is 0 Å². The second kappa shape index (κ2) is 9.82. The topological polar surface area (TPSA) is 67.4 Å². The summed E-state index contributed by atoms with van der Waals surface area (Å²) in [5.74, 6) is -0.421. The molecule has 26 heavy (non-hydrogen) atoms. The van der Waals surface area contributed by atoms with Gasteiger partial charge >= 0.3 is 12.0 Å². The lowest BCUT2D eigenvalue weighted by Gasteiger charge is -2.19. The molecule has 2 aromatic carbocycles. The van der Waals surface area contributed by atoms with Gasteiger partial charge in [-0.05, 0) is 30.5 Å². The second-order valence-corrected chi connectivity index (χ2v) is 6.40. The van der Waals surface area contributed by atoms with Crippen LogP contribution in [0.3, 0.4) is 0 Å². The van der Waals surface area contributed by atoms with Crippen LogP contribution in [0.4, 0.5) is 4.79 Å². The summed E-state index contributed by atoms with van der Waals surface area (Å²) in [5, 5.41) is 6.11. The molecule has 0 aliphatic heterocycles. The summed E-state index contributed by atoms with van der Waals surface area (Å²) in [6.45, 7) is 2.52. The van der Waals surface area contributed by atoms with Gasteiger partial charge in [0.25, 0.3) is 0 Å². The van der Waals surface area contributed by atoms with Crippen molar-refractivity contribution in [3.63, 3.8) is 0 Å². The van der Waals surface area contributed by atoms with Crippen LogP contribution in [0.1, 0.15) is 29.2 Å². The van der Waals surface area contributed by atoms with E-state index in [9.17, 15) is 9.59 Å². The van der Waals surface area contributed by atoms with E-state index in [1.807, 2.05) is 31.2 Å². The summed E-state index contributed by atoms with van der Waals surface area (Å²) in [4.78, 5) is 23.9. The molecule has 0 aliphatic carbocycles. The van der Waals surface area contributed by atoms with Crippen molar-refractivity contribution in [3.05, 3.63) is 70.2 Å². The zero-order chi connectivity index (χ0) is 18.9. The van der Waals surface area contributed by atoms with Crippen LogP contribution in [0.15, 0.2) is 48.5 Å². The SMILES string of the molecule is COC(=O)CC(NC(=O)NCCc1cccc(C)c1)c1ccccc1Cl. The molecule has 1 atom stereocenters. The lowest BCUT2D eigenvalue weighted by molar-refractivity contribution is -0.141. The largest absolute Gasteiger partial charge is 0.469 e. The number of carbonyl (C=O) groups is 2. The van der Waals surface area contributed by atoms with Gasteiger partial charge in [-0.2, -0.15) is 0 Å². The Morgan fingerprint density at radius 1 is 1.15 bits per heavy atom. The molecule has 0 bridgehead atoms. The summed E-state index contributed by atoms with van der Waals surface area (Å²) >= 11 is 6.20. The predicted octanol–water partition coefficient (Wildman–Crippen LogP) is 3.79. The molecular weight excluding hydrogens is 352 g/mol. The van der Waals surface area contributed by atoms with Crippen molar-refractivity contribution in [1.29, 1.82) is 0 Å². The van der Waals surface area contributed by atoms with Crippen molar-refractivity contribution in [2.24, 2.45) is 0 Å². The summed E-state index contributed by atoms with van der Waals surface area (Å²) < 4.78 is 4.72. The number of hydrogen-bond acceptors (Lipinski definition) is 3. The Morgan fingerprint density at radius 2 is 1.92 bits per heavy atom. The fourth-order valence-corrected chi connectivity index (χ4v) is 2.91. The van der Waals surface area contributed by atoms with Crippen LogP contribution in [0.25, 0.3) is 0 Å². The highest BCUT2D eigenvalue weighted by Gasteiger charge is 2.20. The van der Waals surface area contributed by atoms with Crippen LogP contribution < -0.4 is 10.6 Å². The molecule has 0 saturated carbocycles. The van der Waals surface area contributed by atoms with E-state index < -0.39 is 12.0 Å². The minimum Gasteiger partial charge on any atom is -0.469 e. The number of urea groups is 1. The highest BCUT2D eigenvalue weighted by Crippen LogP contribution is 2.25. The zero-order valence-electron chi connectivity index (χ0n) is 14.9. The van der Waals surface area contributed by atoms with Gasteiger partial charge in [0.1, 0.15) is 0 Å². The third kappa shape index (κ3) is 6.08. The molecule has 0 radical (unpaired) electrons. The molecule has 6 heteroatoms. The highest BCUT2D eigenvalue weighted by atomic mass is 35.5. The third-order valence-corrected chi connectivity index (χ3v) is 4.31. The maximum Gasteiger partial charge on any atom is 0.315 e. The van der Waals surface area contributed by atoms with Crippen molar-refractivity contribution >= 4 is 23.6 Å². The molecule has 2 amide bonds. The average Bonchev–Trinajstić information content (AvgIpc) is 2.61. The van der Waals surface area contributed by atoms with E-state index in [-0.39, 0.29) is 12.5 Å². The molecule has 0 heterocycles. The third-order valence-electron chi connectivity index (χ3n) is 3.97. The molecule has 0 aromatic heterocycles. The van der Waals surface area contributed by atoms with E-state index in [2.05, 4.69) is 16.7 Å². The summed E-state index contributed by atoms with van der Waals surface area (Å²) in [7, 11) is 1.31. The molecular formula is C20H23ClN2O3. The molecule has 0 saturated heterocycles. The van der Waals surface area contributed by atoms with E-state index in [0.717, 1.165) is 12.0 Å². The molecule has 1 unspecified atom stereocenters. The maximum atomic E-state index is 12.2. The lowest BCUT2D eigenvalue weighted by atomic mass is 10.0. The number of ether oxygens (including phenoxy) is 1. The molecule has 0 aliphatic rings. The number of rotatable bonds is 7. The molecule has 0 fully saturated rings. The molecule has 5 nitrogen and oxygen atoms in total. The van der Waals surface area contributed by atoms with Gasteiger partial charge in [0.15, 0.2) is 0 Å². The number of amides is 2. The number of aryl methyl sites for hydroxylation is 1. The summed E-state index contributed by atoms with van der Waals surface area (Å²) in [6.07, 6.45) is 0.731. The Morgan fingerprint density at radius 3 is 2.62 bits per heavy atom. The first kappa shape index (κ1) is 19.8. The molecule has 0 spiro atoms. The normalized spacial score (nSPS) is 11.5. The number of esters is 1. The van der Waals surface area contributed by atoms with Gasteiger partial charge in [-0.1, -0.05) is 59.6 Å². The van der Waals surface area contributed by atoms with Crippen LogP contribution in [0.2, 0.25) is 5.02 Å². The van der Waals surface area contributed by atoms with Crippen LogP contribution in [-0.2, 0) is 16.0 Å². The van der Waals surface area contributed by atoms with Gasteiger partial charge in [-0.15, -0.1) is 0 Å². The Labute approximate surface area is 158 Å². The quantitative estimate of drug-likeness (QED) is 0.724. The second-order valence-electron chi connectivity index (χ2n) is 5.99. The standard InChI is InChI=1S/C20H23ClN2O3/c1-14-6-5-7-15(12-14)10-11-22-20(25)23-18(13-19(24)26-2)16-8-3-4-9-17(16)21/h3-9,12,18H,10-11,13H2,1-2H3,(H2,22,23,25).